The van der Waals surface area contributed by atoms with Crippen LogP contribution < -0.4 is 5.32 Å². The van der Waals surface area contributed by atoms with Crippen LogP contribution in [0.3, 0.4) is 0 Å². The molecule has 5 nitrogen and oxygen atoms in total. The van der Waals surface area contributed by atoms with Crippen molar-refractivity contribution in [3.8, 4) is 0 Å². The van der Waals surface area contributed by atoms with Crippen LogP contribution in [0.4, 0.5) is 5.13 Å². The Morgan fingerprint density at radius 2 is 2.43 bits per heavy atom. The van der Waals surface area contributed by atoms with Crippen molar-refractivity contribution in [1.82, 2.24) is 18.9 Å². The highest BCUT2D eigenvalue weighted by atomic mass is 32.1. The van der Waals surface area contributed by atoms with Crippen LogP contribution in [0.15, 0.2) is 12.4 Å². The molecule has 0 radical (unpaired) electrons. The van der Waals surface area contributed by atoms with Gasteiger partial charge in [-0.05, 0) is 6.92 Å². The van der Waals surface area contributed by atoms with E-state index < -0.39 is 0 Å². The van der Waals surface area contributed by atoms with Crippen molar-refractivity contribution in [3.05, 3.63) is 24.0 Å². The Labute approximate surface area is 86.0 Å². The zero-order valence-corrected chi connectivity index (χ0v) is 8.88. The van der Waals surface area contributed by atoms with Gasteiger partial charge in [-0.25, -0.2) is 9.97 Å². The van der Waals surface area contributed by atoms with Crippen molar-refractivity contribution in [2.24, 2.45) is 7.05 Å². The fraction of sp³-hybridized carbons (Fsp3) is 0.375. The van der Waals surface area contributed by atoms with Gasteiger partial charge in [0.2, 0.25) is 5.13 Å². The summed E-state index contributed by atoms with van der Waals surface area (Å²) in [5.74, 6) is 1.79. The summed E-state index contributed by atoms with van der Waals surface area (Å²) in [6, 6.07) is 0. The predicted octanol–water partition coefficient (Wildman–Crippen LogP) is 1.19. The van der Waals surface area contributed by atoms with Gasteiger partial charge >= 0.3 is 0 Å². The van der Waals surface area contributed by atoms with Crippen molar-refractivity contribution in [2.75, 3.05) is 5.32 Å². The normalized spacial score (nSPS) is 10.4. The van der Waals surface area contributed by atoms with Crippen LogP contribution in [0.5, 0.6) is 0 Å². The number of aromatic nitrogens is 4. The predicted molar refractivity (Wildman–Crippen MR) is 55.2 cm³/mol. The van der Waals surface area contributed by atoms with Gasteiger partial charge in [-0.1, -0.05) is 0 Å². The highest BCUT2D eigenvalue weighted by molar-refractivity contribution is 7.09. The first-order valence-corrected chi connectivity index (χ1v) is 5.03. The molecule has 0 aliphatic carbocycles. The fourth-order valence-electron chi connectivity index (χ4n) is 1.09. The molecule has 0 aliphatic heterocycles. The summed E-state index contributed by atoms with van der Waals surface area (Å²) < 4.78 is 6.05. The molecule has 0 saturated heterocycles. The summed E-state index contributed by atoms with van der Waals surface area (Å²) in [4.78, 5) is 8.39. The molecule has 0 amide bonds. The molecule has 0 spiro atoms. The van der Waals surface area contributed by atoms with E-state index in [9.17, 15) is 0 Å². The van der Waals surface area contributed by atoms with Crippen molar-refractivity contribution in [2.45, 2.75) is 13.5 Å². The number of imidazole rings is 1. The summed E-state index contributed by atoms with van der Waals surface area (Å²) >= 11 is 1.37. The maximum Gasteiger partial charge on any atom is 0.202 e. The first-order chi connectivity index (χ1) is 6.75. The van der Waals surface area contributed by atoms with Crippen LogP contribution in [-0.2, 0) is 13.6 Å². The molecule has 0 aliphatic rings. The average Bonchev–Trinajstić information content (AvgIpc) is 2.72. The van der Waals surface area contributed by atoms with Gasteiger partial charge in [0.05, 0.1) is 6.54 Å². The molecule has 6 heteroatoms. The van der Waals surface area contributed by atoms with E-state index in [0.717, 1.165) is 16.8 Å². The summed E-state index contributed by atoms with van der Waals surface area (Å²) in [7, 11) is 1.97. The molecule has 14 heavy (non-hydrogen) atoms. The summed E-state index contributed by atoms with van der Waals surface area (Å²) in [6.45, 7) is 2.56. The van der Waals surface area contributed by atoms with Crippen LogP contribution >= 0.6 is 11.5 Å². The van der Waals surface area contributed by atoms with Gasteiger partial charge in [-0.2, -0.15) is 4.37 Å². The largest absolute Gasteiger partial charge is 0.353 e. The van der Waals surface area contributed by atoms with E-state index in [0.29, 0.717) is 6.54 Å². The van der Waals surface area contributed by atoms with E-state index in [1.165, 1.54) is 11.5 Å². The zero-order valence-electron chi connectivity index (χ0n) is 8.06. The van der Waals surface area contributed by atoms with Gasteiger partial charge in [-0.15, -0.1) is 0 Å². The third-order valence-corrected chi connectivity index (χ3v) is 2.61. The second kappa shape index (κ2) is 3.75. The van der Waals surface area contributed by atoms with Crippen LogP contribution in [-0.4, -0.2) is 18.9 Å². The smallest absolute Gasteiger partial charge is 0.202 e. The molecule has 2 aromatic rings. The molecule has 2 aromatic heterocycles. The first-order valence-electron chi connectivity index (χ1n) is 4.26. The molecule has 0 fully saturated rings. The maximum absolute atomic E-state index is 4.20. The number of rotatable bonds is 3. The third kappa shape index (κ3) is 1.90. The van der Waals surface area contributed by atoms with E-state index in [2.05, 4.69) is 19.7 Å². The Balaban J connectivity index is 1.98. The van der Waals surface area contributed by atoms with Gasteiger partial charge < -0.3 is 9.88 Å². The number of nitrogens with one attached hydrogen (secondary N) is 1. The van der Waals surface area contributed by atoms with Crippen LogP contribution in [0.25, 0.3) is 0 Å². The molecule has 74 valence electrons. The molecule has 1 N–H and O–H groups in total. The van der Waals surface area contributed by atoms with E-state index in [1.54, 1.807) is 6.20 Å². The second-order valence-corrected chi connectivity index (χ2v) is 3.71. The third-order valence-electron chi connectivity index (χ3n) is 1.85. The van der Waals surface area contributed by atoms with Crippen LogP contribution in [0, 0.1) is 6.92 Å². The van der Waals surface area contributed by atoms with E-state index in [-0.39, 0.29) is 0 Å². The monoisotopic (exact) mass is 209 g/mol. The Hall–Kier alpha value is -1.43. The lowest BCUT2D eigenvalue weighted by molar-refractivity contribution is 0.812. The Kier molecular flexibility index (Phi) is 2.45. The minimum absolute atomic E-state index is 0.679. The van der Waals surface area contributed by atoms with Crippen LogP contribution in [0.1, 0.15) is 11.6 Å². The summed E-state index contributed by atoms with van der Waals surface area (Å²) in [5, 5.41) is 4.01. The average molecular weight is 209 g/mol. The molecule has 0 saturated carbocycles. The highest BCUT2D eigenvalue weighted by Crippen LogP contribution is 2.10. The second-order valence-electron chi connectivity index (χ2n) is 2.95. The number of hydrogen-bond acceptors (Lipinski definition) is 5. The van der Waals surface area contributed by atoms with Gasteiger partial charge in [0.1, 0.15) is 11.6 Å². The molecule has 2 rings (SSSR count). The maximum atomic E-state index is 4.20. The first kappa shape index (κ1) is 9.14. The quantitative estimate of drug-likeness (QED) is 0.825. The lowest BCUT2D eigenvalue weighted by Crippen LogP contribution is -2.05. The van der Waals surface area contributed by atoms with Gasteiger partial charge in [0, 0.05) is 31.0 Å². The molecule has 0 atom stereocenters. The fourth-order valence-corrected chi connectivity index (χ4v) is 1.66. The lowest BCUT2D eigenvalue weighted by atomic mass is 10.6. The molecule has 2 heterocycles. The zero-order chi connectivity index (χ0) is 9.97. The van der Waals surface area contributed by atoms with E-state index in [4.69, 9.17) is 0 Å². The highest BCUT2D eigenvalue weighted by Gasteiger charge is 2.01. The SMILES string of the molecule is Cc1nsc(NCc2nccn2C)n1. The molecule has 0 bridgehead atoms. The number of nitrogens with zero attached hydrogens (tertiary/aromatic N) is 4. The number of hydrogen-bond donors (Lipinski definition) is 1. The van der Waals surface area contributed by atoms with Gasteiger partial charge in [0.25, 0.3) is 0 Å². The van der Waals surface area contributed by atoms with Crippen molar-refractivity contribution >= 4 is 16.7 Å². The van der Waals surface area contributed by atoms with Crippen LogP contribution in [0.2, 0.25) is 0 Å². The minimum atomic E-state index is 0.679. The number of aryl methyl sites for hydroxylation is 2. The minimum Gasteiger partial charge on any atom is -0.353 e. The molecule has 0 unspecified atom stereocenters. The standard InChI is InChI=1S/C8H11N5S/c1-6-11-8(14-12-6)10-5-7-9-3-4-13(7)2/h3-4H,5H2,1-2H3,(H,10,11,12). The molecule has 0 aromatic carbocycles. The number of anilines is 1. The topological polar surface area (TPSA) is 55.6 Å². The van der Waals surface area contributed by atoms with Crippen molar-refractivity contribution in [1.29, 1.82) is 0 Å². The van der Waals surface area contributed by atoms with E-state index in [1.807, 2.05) is 24.7 Å². The summed E-state index contributed by atoms with van der Waals surface area (Å²) in [5.41, 5.74) is 0. The Morgan fingerprint density at radius 1 is 1.57 bits per heavy atom. The molecular weight excluding hydrogens is 198 g/mol. The van der Waals surface area contributed by atoms with Gasteiger partial charge in [-0.3, -0.25) is 0 Å². The van der Waals surface area contributed by atoms with E-state index >= 15 is 0 Å². The van der Waals surface area contributed by atoms with Crippen molar-refractivity contribution < 1.29 is 0 Å². The lowest BCUT2D eigenvalue weighted by Gasteiger charge is -2.01. The molecular formula is C8H11N5S. The van der Waals surface area contributed by atoms with Crippen molar-refractivity contribution in [3.63, 3.8) is 0 Å². The summed E-state index contributed by atoms with van der Waals surface area (Å²) in [6.07, 6.45) is 3.70. The van der Waals surface area contributed by atoms with Gasteiger partial charge in [0.15, 0.2) is 0 Å². The Bertz CT molecular complexity index is 419. The Morgan fingerprint density at radius 3 is 3.00 bits per heavy atom.